The van der Waals surface area contributed by atoms with E-state index in [0.717, 1.165) is 0 Å². The van der Waals surface area contributed by atoms with Gasteiger partial charge in [-0.2, -0.15) is 0 Å². The molecule has 0 spiro atoms. The fraction of sp³-hybridized carbons (Fsp3) is 0. The highest BCUT2D eigenvalue weighted by molar-refractivity contribution is 6.10. The highest BCUT2D eigenvalue weighted by Gasteiger charge is 2.16. The zero-order chi connectivity index (χ0) is 22.1. The second-order valence-electron chi connectivity index (χ2n) is 7.34. The van der Waals surface area contributed by atoms with Crippen molar-refractivity contribution < 1.29 is 13.6 Å². The van der Waals surface area contributed by atoms with Crippen LogP contribution in [0, 0.1) is 11.6 Å². The van der Waals surface area contributed by atoms with Crippen LogP contribution in [-0.4, -0.2) is 15.8 Å². The number of hydrogen-bond donors (Lipinski definition) is 0. The molecule has 0 aliphatic heterocycles. The summed E-state index contributed by atoms with van der Waals surface area (Å²) in [6.07, 6.45) is 0. The van der Waals surface area contributed by atoms with Crippen LogP contribution in [0.1, 0.15) is 15.9 Å². The molecule has 1 aromatic heterocycles. The minimum Gasteiger partial charge on any atom is -0.289 e. The number of carbonyl (C=O) groups excluding carboxylic acids is 1. The van der Waals surface area contributed by atoms with Crippen molar-refractivity contribution in [3.63, 3.8) is 0 Å². The molecular weight excluding hydrogens is 406 g/mol. The quantitative estimate of drug-likeness (QED) is 0.312. The Hall–Kier alpha value is -4.25. The highest BCUT2D eigenvalue weighted by Crippen LogP contribution is 2.32. The van der Waals surface area contributed by atoms with E-state index in [0.29, 0.717) is 44.7 Å². The third-order valence-electron chi connectivity index (χ3n) is 5.16. The van der Waals surface area contributed by atoms with Gasteiger partial charge in [-0.25, -0.2) is 18.7 Å². The molecule has 0 aliphatic carbocycles. The fourth-order valence-corrected chi connectivity index (χ4v) is 3.63. The van der Waals surface area contributed by atoms with Gasteiger partial charge in [-0.3, -0.25) is 4.79 Å². The molecule has 0 atom stereocenters. The van der Waals surface area contributed by atoms with Gasteiger partial charge in [0.25, 0.3) is 0 Å². The van der Waals surface area contributed by atoms with E-state index in [2.05, 4.69) is 0 Å². The second-order valence-corrected chi connectivity index (χ2v) is 7.34. The minimum atomic E-state index is -0.414. The molecule has 0 aliphatic rings. The van der Waals surface area contributed by atoms with Gasteiger partial charge in [-0.1, -0.05) is 54.6 Å². The number of rotatable bonds is 4. The molecule has 5 rings (SSSR count). The monoisotopic (exact) mass is 422 g/mol. The molecule has 4 aromatic carbocycles. The number of halogens is 2. The van der Waals surface area contributed by atoms with Gasteiger partial charge in [0.1, 0.15) is 11.6 Å². The van der Waals surface area contributed by atoms with Gasteiger partial charge in [0.15, 0.2) is 5.78 Å². The predicted molar refractivity (Wildman–Crippen MR) is 120 cm³/mol. The molecule has 1 heterocycles. The number of benzene rings is 4. The van der Waals surface area contributed by atoms with E-state index in [1.165, 1.54) is 24.3 Å². The van der Waals surface area contributed by atoms with Crippen molar-refractivity contribution in [3.05, 3.63) is 120 Å². The standard InChI is InChI=1S/C27H16F2N2O/c28-21-10-4-8-18(14-21)25-26(19-9-5-11-22(29)15-19)31-24-16-20(12-13-23(24)30-25)27(32)17-6-2-1-3-7-17/h1-16H. The average molecular weight is 422 g/mol. The number of carbonyl (C=O) groups is 1. The van der Waals surface area contributed by atoms with Gasteiger partial charge in [0.2, 0.25) is 0 Å². The molecule has 3 nitrogen and oxygen atoms in total. The summed E-state index contributed by atoms with van der Waals surface area (Å²) in [5.74, 6) is -0.947. The van der Waals surface area contributed by atoms with E-state index in [-0.39, 0.29) is 5.78 Å². The Bertz CT molecular complexity index is 1470. The Morgan fingerprint density at radius 1 is 0.562 bits per heavy atom. The van der Waals surface area contributed by atoms with E-state index in [4.69, 9.17) is 9.97 Å². The molecule has 0 N–H and O–H groups in total. The lowest BCUT2D eigenvalue weighted by Gasteiger charge is -2.11. The molecule has 5 aromatic rings. The molecule has 0 fully saturated rings. The van der Waals surface area contributed by atoms with Gasteiger partial charge in [0.05, 0.1) is 22.4 Å². The van der Waals surface area contributed by atoms with Crippen LogP contribution < -0.4 is 0 Å². The van der Waals surface area contributed by atoms with Gasteiger partial charge in [0, 0.05) is 22.3 Å². The number of aromatic nitrogens is 2. The van der Waals surface area contributed by atoms with E-state index in [9.17, 15) is 13.6 Å². The third-order valence-corrected chi connectivity index (χ3v) is 5.16. The number of ketones is 1. The molecule has 0 radical (unpaired) electrons. The zero-order valence-electron chi connectivity index (χ0n) is 16.8. The molecule has 154 valence electrons. The Kier molecular flexibility index (Phi) is 5.00. The molecular formula is C27H16F2N2O. The van der Waals surface area contributed by atoms with Crippen molar-refractivity contribution in [2.24, 2.45) is 0 Å². The van der Waals surface area contributed by atoms with Gasteiger partial charge in [-0.05, 0) is 42.5 Å². The van der Waals surface area contributed by atoms with Crippen LogP contribution in [0.2, 0.25) is 0 Å². The summed E-state index contributed by atoms with van der Waals surface area (Å²) < 4.78 is 27.9. The highest BCUT2D eigenvalue weighted by atomic mass is 19.1. The molecule has 32 heavy (non-hydrogen) atoms. The summed E-state index contributed by atoms with van der Waals surface area (Å²) >= 11 is 0. The topological polar surface area (TPSA) is 42.9 Å². The van der Waals surface area contributed by atoms with Crippen LogP contribution in [0.25, 0.3) is 33.5 Å². The van der Waals surface area contributed by atoms with E-state index in [1.54, 1.807) is 66.7 Å². The SMILES string of the molecule is O=C(c1ccccc1)c1ccc2nc(-c3cccc(F)c3)c(-c3cccc(F)c3)nc2c1. The van der Waals surface area contributed by atoms with E-state index >= 15 is 0 Å². The maximum absolute atomic E-state index is 14.0. The van der Waals surface area contributed by atoms with Gasteiger partial charge in [-0.15, -0.1) is 0 Å². The Morgan fingerprint density at radius 3 is 1.75 bits per heavy atom. The molecule has 0 bridgehead atoms. The lowest BCUT2D eigenvalue weighted by atomic mass is 10.0. The van der Waals surface area contributed by atoms with Crippen LogP contribution in [0.15, 0.2) is 97.1 Å². The molecule has 0 saturated heterocycles. The van der Waals surface area contributed by atoms with Crippen molar-refractivity contribution in [2.45, 2.75) is 0 Å². The first-order chi connectivity index (χ1) is 15.6. The summed E-state index contributed by atoms with van der Waals surface area (Å²) in [5, 5.41) is 0. The van der Waals surface area contributed by atoms with E-state index < -0.39 is 11.6 Å². The Balaban J connectivity index is 1.71. The second kappa shape index (κ2) is 8.12. The van der Waals surface area contributed by atoms with Crippen LogP contribution in [0.4, 0.5) is 8.78 Å². The minimum absolute atomic E-state index is 0.129. The molecule has 0 saturated carbocycles. The maximum atomic E-state index is 14.0. The van der Waals surface area contributed by atoms with Crippen molar-refractivity contribution in [1.82, 2.24) is 9.97 Å². The first-order valence-corrected chi connectivity index (χ1v) is 10.0. The first-order valence-electron chi connectivity index (χ1n) is 10.0. The maximum Gasteiger partial charge on any atom is 0.193 e. The third kappa shape index (κ3) is 3.76. The molecule has 0 unspecified atom stereocenters. The lowest BCUT2D eigenvalue weighted by Crippen LogP contribution is -2.02. The van der Waals surface area contributed by atoms with E-state index in [1.807, 2.05) is 6.07 Å². The van der Waals surface area contributed by atoms with Crippen molar-refractivity contribution in [2.75, 3.05) is 0 Å². The number of hydrogen-bond acceptors (Lipinski definition) is 3. The van der Waals surface area contributed by atoms with Crippen LogP contribution in [0.3, 0.4) is 0 Å². The summed E-state index contributed by atoms with van der Waals surface area (Å²) in [6, 6.07) is 26.1. The van der Waals surface area contributed by atoms with Crippen molar-refractivity contribution in [1.29, 1.82) is 0 Å². The van der Waals surface area contributed by atoms with Gasteiger partial charge < -0.3 is 0 Å². The zero-order valence-corrected chi connectivity index (χ0v) is 16.8. The number of nitrogens with zero attached hydrogens (tertiary/aromatic N) is 2. The van der Waals surface area contributed by atoms with Crippen molar-refractivity contribution >= 4 is 16.8 Å². The lowest BCUT2D eigenvalue weighted by molar-refractivity contribution is 0.103. The van der Waals surface area contributed by atoms with Gasteiger partial charge >= 0.3 is 0 Å². The largest absolute Gasteiger partial charge is 0.289 e. The normalized spacial score (nSPS) is 10.9. The Morgan fingerprint density at radius 2 is 1.16 bits per heavy atom. The summed E-state index contributed by atoms with van der Waals surface area (Å²) in [4.78, 5) is 22.3. The average Bonchev–Trinajstić information content (AvgIpc) is 2.83. The first kappa shape index (κ1) is 19.7. The summed E-state index contributed by atoms with van der Waals surface area (Å²) in [6.45, 7) is 0. The fourth-order valence-electron chi connectivity index (χ4n) is 3.63. The molecule has 5 heteroatoms. The van der Waals surface area contributed by atoms with Crippen LogP contribution in [0.5, 0.6) is 0 Å². The summed E-state index contributed by atoms with van der Waals surface area (Å²) in [5.41, 5.74) is 3.97. The number of fused-ring (bicyclic) bond motifs is 1. The molecule has 0 amide bonds. The van der Waals surface area contributed by atoms with Crippen LogP contribution >= 0.6 is 0 Å². The Labute approximate surface area is 183 Å². The van der Waals surface area contributed by atoms with Crippen molar-refractivity contribution in [3.8, 4) is 22.5 Å². The van der Waals surface area contributed by atoms with Crippen LogP contribution in [-0.2, 0) is 0 Å². The smallest absolute Gasteiger partial charge is 0.193 e. The predicted octanol–water partition coefficient (Wildman–Crippen LogP) is 6.47. The summed E-state index contributed by atoms with van der Waals surface area (Å²) in [7, 11) is 0.